The molecule has 5 heteroatoms. The molecule has 0 radical (unpaired) electrons. The van der Waals surface area contributed by atoms with E-state index < -0.39 is 5.41 Å². The number of aromatic nitrogens is 1. The minimum atomic E-state index is -0.591. The first-order valence-electron chi connectivity index (χ1n) is 11.8. The zero-order valence-corrected chi connectivity index (χ0v) is 18.9. The van der Waals surface area contributed by atoms with E-state index in [9.17, 15) is 9.59 Å². The van der Waals surface area contributed by atoms with Crippen LogP contribution < -0.4 is 5.32 Å². The van der Waals surface area contributed by atoms with Gasteiger partial charge in [-0.15, -0.1) is 0 Å². The average molecular weight is 432 g/mol. The van der Waals surface area contributed by atoms with Gasteiger partial charge in [-0.1, -0.05) is 36.4 Å². The number of nitrogens with one attached hydrogen (secondary N) is 1. The molecule has 1 fully saturated rings. The van der Waals surface area contributed by atoms with Crippen molar-refractivity contribution in [1.29, 1.82) is 0 Å². The van der Waals surface area contributed by atoms with Crippen LogP contribution in [0.15, 0.2) is 60.9 Å². The molecule has 2 atom stereocenters. The molecule has 1 N–H and O–H groups in total. The first-order valence-corrected chi connectivity index (χ1v) is 11.8. The molecule has 1 aromatic heterocycles. The molecule has 0 spiro atoms. The first-order chi connectivity index (χ1) is 15.6. The number of allylic oxidation sites excluding steroid dienone is 2. The largest absolute Gasteiger partial charge is 0.356 e. The maximum absolute atomic E-state index is 13.3. The number of likely N-dealkylation sites (tertiary alicyclic amines) is 1. The fourth-order valence-electron chi connectivity index (χ4n) is 5.12. The summed E-state index contributed by atoms with van der Waals surface area (Å²) in [6.45, 7) is 3.79. The van der Waals surface area contributed by atoms with Gasteiger partial charge in [-0.2, -0.15) is 0 Å². The van der Waals surface area contributed by atoms with Crippen LogP contribution in [0.3, 0.4) is 0 Å². The summed E-state index contributed by atoms with van der Waals surface area (Å²) in [6, 6.07) is 12.4. The lowest BCUT2D eigenvalue weighted by Gasteiger charge is -2.42. The molecule has 5 nitrogen and oxygen atoms in total. The Kier molecular flexibility index (Phi) is 7.03. The van der Waals surface area contributed by atoms with Crippen molar-refractivity contribution < 1.29 is 9.59 Å². The first kappa shape index (κ1) is 22.3. The van der Waals surface area contributed by atoms with Crippen molar-refractivity contribution >= 4 is 11.8 Å². The molecule has 168 valence electrons. The number of hydrogen-bond acceptors (Lipinski definition) is 3. The van der Waals surface area contributed by atoms with Crippen LogP contribution in [0.1, 0.15) is 44.6 Å². The molecule has 0 bridgehead atoms. The van der Waals surface area contributed by atoms with E-state index in [1.54, 1.807) is 12.4 Å². The Morgan fingerprint density at radius 3 is 2.78 bits per heavy atom. The highest BCUT2D eigenvalue weighted by molar-refractivity contribution is 5.85. The van der Waals surface area contributed by atoms with Gasteiger partial charge < -0.3 is 10.2 Å². The molecule has 1 aliphatic heterocycles. The maximum atomic E-state index is 13.3. The summed E-state index contributed by atoms with van der Waals surface area (Å²) in [7, 11) is 0. The topological polar surface area (TPSA) is 62.3 Å². The van der Waals surface area contributed by atoms with Crippen LogP contribution in [0.5, 0.6) is 0 Å². The molecule has 2 aliphatic rings. The van der Waals surface area contributed by atoms with Crippen LogP contribution in [0.2, 0.25) is 0 Å². The predicted octanol–water partition coefficient (Wildman–Crippen LogP) is 4.39. The molecule has 1 aromatic carbocycles. The van der Waals surface area contributed by atoms with Crippen LogP contribution in [-0.2, 0) is 16.0 Å². The lowest BCUT2D eigenvalue weighted by Crippen LogP contribution is -2.54. The predicted molar refractivity (Wildman–Crippen MR) is 127 cm³/mol. The van der Waals surface area contributed by atoms with Crippen molar-refractivity contribution in [3.8, 4) is 11.1 Å². The van der Waals surface area contributed by atoms with Gasteiger partial charge in [0.2, 0.25) is 11.8 Å². The Balaban J connectivity index is 1.56. The Hall–Kier alpha value is -2.95. The number of carbonyl (C=O) groups is 2. The number of hydrogen-bond donors (Lipinski definition) is 1. The molecule has 1 aliphatic carbocycles. The number of benzene rings is 1. The number of pyridine rings is 1. The van der Waals surface area contributed by atoms with Crippen LogP contribution >= 0.6 is 0 Å². The van der Waals surface area contributed by atoms with Crippen molar-refractivity contribution in [2.45, 2.75) is 45.4 Å². The molecule has 1 saturated heterocycles. The summed E-state index contributed by atoms with van der Waals surface area (Å²) in [5, 5.41) is 3.06. The molecule has 32 heavy (non-hydrogen) atoms. The minimum absolute atomic E-state index is 0.0626. The molecular weight excluding hydrogens is 398 g/mol. The van der Waals surface area contributed by atoms with Crippen molar-refractivity contribution in [3.63, 3.8) is 0 Å². The van der Waals surface area contributed by atoms with Gasteiger partial charge in [0.25, 0.3) is 0 Å². The Bertz CT molecular complexity index is 972. The van der Waals surface area contributed by atoms with Gasteiger partial charge in [-0.25, -0.2) is 0 Å². The molecule has 2 heterocycles. The minimum Gasteiger partial charge on any atom is -0.356 e. The third-order valence-corrected chi connectivity index (χ3v) is 6.78. The van der Waals surface area contributed by atoms with E-state index in [0.29, 0.717) is 31.8 Å². The van der Waals surface area contributed by atoms with E-state index in [2.05, 4.69) is 46.7 Å². The monoisotopic (exact) mass is 431 g/mol. The molecule has 2 aromatic rings. The van der Waals surface area contributed by atoms with Crippen molar-refractivity contribution in [3.05, 3.63) is 66.5 Å². The van der Waals surface area contributed by atoms with Gasteiger partial charge >= 0.3 is 0 Å². The quantitative estimate of drug-likeness (QED) is 0.661. The van der Waals surface area contributed by atoms with Gasteiger partial charge in [0.15, 0.2) is 0 Å². The summed E-state index contributed by atoms with van der Waals surface area (Å²) >= 11 is 0. The molecule has 0 unspecified atom stereocenters. The SMILES string of the molecule is CCNC(=O)[C@@]1(Cc2cccc(-c3ccncc3)c2)CCCN(C(=O)C[C@@H]2C=CCC2)C1. The van der Waals surface area contributed by atoms with E-state index in [1.165, 1.54) is 0 Å². The Morgan fingerprint density at radius 1 is 1.19 bits per heavy atom. The van der Waals surface area contributed by atoms with Gasteiger partial charge in [0.1, 0.15) is 0 Å². The van der Waals surface area contributed by atoms with Crippen molar-refractivity contribution in [1.82, 2.24) is 15.2 Å². The van der Waals surface area contributed by atoms with E-state index >= 15 is 0 Å². The van der Waals surface area contributed by atoms with E-state index in [1.807, 2.05) is 24.0 Å². The second kappa shape index (κ2) is 10.1. The van der Waals surface area contributed by atoms with Crippen molar-refractivity contribution in [2.75, 3.05) is 19.6 Å². The van der Waals surface area contributed by atoms with E-state index in [4.69, 9.17) is 0 Å². The summed E-state index contributed by atoms with van der Waals surface area (Å²) in [5.41, 5.74) is 2.76. The summed E-state index contributed by atoms with van der Waals surface area (Å²) in [6.07, 6.45) is 12.9. The summed E-state index contributed by atoms with van der Waals surface area (Å²) < 4.78 is 0. The van der Waals surface area contributed by atoms with Crippen molar-refractivity contribution in [2.24, 2.45) is 11.3 Å². The van der Waals surface area contributed by atoms with Crippen LogP contribution in [-0.4, -0.2) is 41.3 Å². The Labute approximate surface area is 190 Å². The lowest BCUT2D eigenvalue weighted by atomic mass is 9.73. The highest BCUT2D eigenvalue weighted by atomic mass is 16.2. The maximum Gasteiger partial charge on any atom is 0.228 e. The molecule has 4 rings (SSSR count). The smallest absolute Gasteiger partial charge is 0.228 e. The zero-order chi connectivity index (χ0) is 22.4. The van der Waals surface area contributed by atoms with Crippen LogP contribution in [0.4, 0.5) is 0 Å². The molecular formula is C27H33N3O2. The Morgan fingerprint density at radius 2 is 2.03 bits per heavy atom. The van der Waals surface area contributed by atoms with Gasteiger partial charge in [0, 0.05) is 38.4 Å². The third kappa shape index (κ3) is 5.09. The number of piperidine rings is 1. The standard InChI is InChI=1S/C27H33N3O2/c1-2-29-26(32)27(13-6-16-30(20-27)25(31)18-21-7-3-4-8-21)19-22-9-5-10-24(17-22)23-11-14-28-15-12-23/h3,5,7,9-12,14-15,17,21H,2,4,6,8,13,16,18-20H2,1H3,(H,29,32)/t21-,27-/m1/s1. The van der Waals surface area contributed by atoms with Gasteiger partial charge in [-0.05, 0) is 73.8 Å². The third-order valence-electron chi connectivity index (χ3n) is 6.78. The second-order valence-corrected chi connectivity index (χ2v) is 9.14. The number of rotatable bonds is 7. The molecule has 2 amide bonds. The fourth-order valence-corrected chi connectivity index (χ4v) is 5.12. The van der Waals surface area contributed by atoms with Crippen LogP contribution in [0, 0.1) is 11.3 Å². The normalized spacial score (nSPS) is 22.7. The fraction of sp³-hybridized carbons (Fsp3) is 0.444. The van der Waals surface area contributed by atoms with Crippen LogP contribution in [0.25, 0.3) is 11.1 Å². The van der Waals surface area contributed by atoms with Gasteiger partial charge in [0.05, 0.1) is 5.41 Å². The van der Waals surface area contributed by atoms with E-state index in [-0.39, 0.29) is 11.8 Å². The number of nitrogens with zero attached hydrogens (tertiary/aromatic N) is 2. The zero-order valence-electron chi connectivity index (χ0n) is 18.9. The number of carbonyl (C=O) groups excluding carboxylic acids is 2. The average Bonchev–Trinajstić information content (AvgIpc) is 3.33. The van der Waals surface area contributed by atoms with Gasteiger partial charge in [-0.3, -0.25) is 14.6 Å². The van der Waals surface area contributed by atoms with E-state index in [0.717, 1.165) is 48.9 Å². The molecule has 0 saturated carbocycles. The highest BCUT2D eigenvalue weighted by Crippen LogP contribution is 2.36. The summed E-state index contributed by atoms with van der Waals surface area (Å²) in [5.74, 6) is 0.591. The highest BCUT2D eigenvalue weighted by Gasteiger charge is 2.43. The lowest BCUT2D eigenvalue weighted by molar-refractivity contribution is -0.142. The number of amides is 2. The summed E-state index contributed by atoms with van der Waals surface area (Å²) in [4.78, 5) is 32.4. The second-order valence-electron chi connectivity index (χ2n) is 9.14.